The quantitative estimate of drug-likeness (QED) is 0.892. The van der Waals surface area contributed by atoms with Crippen LogP contribution in [0.2, 0.25) is 0 Å². The Balaban J connectivity index is 1.81. The monoisotopic (exact) mass is 296 g/mol. The number of rotatable bonds is 5. The number of hydrogen-bond acceptors (Lipinski definition) is 4. The van der Waals surface area contributed by atoms with Gasteiger partial charge in [-0.2, -0.15) is 11.3 Å². The Hall–Kier alpha value is -1.40. The summed E-state index contributed by atoms with van der Waals surface area (Å²) in [6.07, 6.45) is -0.131. The number of morpholine rings is 1. The van der Waals surface area contributed by atoms with Crippen LogP contribution in [-0.4, -0.2) is 49.1 Å². The molecular formula is C14H20N2O3S. The molecule has 0 radical (unpaired) electrons. The van der Waals surface area contributed by atoms with Crippen LogP contribution in [0.3, 0.4) is 0 Å². The molecule has 0 saturated carbocycles. The van der Waals surface area contributed by atoms with Crippen LogP contribution >= 0.6 is 11.3 Å². The summed E-state index contributed by atoms with van der Waals surface area (Å²) >= 11 is 1.49. The highest BCUT2D eigenvalue weighted by Crippen LogP contribution is 2.10. The molecule has 1 N–H and O–H groups in total. The first-order valence-electron chi connectivity index (χ1n) is 6.76. The van der Waals surface area contributed by atoms with Crippen molar-refractivity contribution in [3.8, 4) is 0 Å². The zero-order chi connectivity index (χ0) is 14.5. The molecule has 110 valence electrons. The van der Waals surface area contributed by atoms with E-state index in [1.807, 2.05) is 15.7 Å². The number of carbonyl (C=O) groups is 2. The maximum absolute atomic E-state index is 11.8. The van der Waals surface area contributed by atoms with E-state index in [1.165, 1.54) is 11.3 Å². The summed E-state index contributed by atoms with van der Waals surface area (Å²) in [4.78, 5) is 25.4. The lowest BCUT2D eigenvalue weighted by molar-refractivity contribution is -0.149. The molecule has 1 fully saturated rings. The van der Waals surface area contributed by atoms with Crippen molar-refractivity contribution in [1.82, 2.24) is 10.2 Å². The molecule has 2 rings (SSSR count). The molecule has 0 spiro atoms. The van der Waals surface area contributed by atoms with E-state index < -0.39 is 0 Å². The second kappa shape index (κ2) is 6.85. The largest absolute Gasteiger partial charge is 0.365 e. The van der Waals surface area contributed by atoms with Crippen molar-refractivity contribution in [1.29, 1.82) is 0 Å². The van der Waals surface area contributed by atoms with E-state index in [-0.39, 0.29) is 24.5 Å². The molecule has 1 saturated heterocycles. The average Bonchev–Trinajstić information content (AvgIpc) is 2.92. The average molecular weight is 296 g/mol. The summed E-state index contributed by atoms with van der Waals surface area (Å²) in [6, 6.07) is 1.79. The zero-order valence-corrected chi connectivity index (χ0v) is 12.6. The molecule has 2 heterocycles. The Morgan fingerprint density at radius 3 is 3.05 bits per heavy atom. The van der Waals surface area contributed by atoms with Crippen LogP contribution < -0.4 is 5.32 Å². The van der Waals surface area contributed by atoms with Gasteiger partial charge in [0.15, 0.2) is 0 Å². The van der Waals surface area contributed by atoms with Gasteiger partial charge in [0.2, 0.25) is 5.91 Å². The Labute approximate surface area is 122 Å². The SMILES string of the molecule is CC(C)CN1CC(CNC(=O)c2ccsc2)OCC1=O. The Kier molecular flexibility index (Phi) is 5.14. The van der Waals surface area contributed by atoms with E-state index in [1.54, 1.807) is 6.07 Å². The first kappa shape index (κ1) is 15.0. The van der Waals surface area contributed by atoms with E-state index >= 15 is 0 Å². The summed E-state index contributed by atoms with van der Waals surface area (Å²) < 4.78 is 5.47. The molecule has 1 aromatic heterocycles. The first-order valence-corrected chi connectivity index (χ1v) is 7.70. The molecule has 1 atom stereocenters. The number of nitrogens with one attached hydrogen (secondary N) is 1. The van der Waals surface area contributed by atoms with Gasteiger partial charge in [-0.05, 0) is 17.4 Å². The highest BCUT2D eigenvalue weighted by molar-refractivity contribution is 7.08. The molecule has 5 nitrogen and oxygen atoms in total. The van der Waals surface area contributed by atoms with Crippen molar-refractivity contribution < 1.29 is 14.3 Å². The van der Waals surface area contributed by atoms with Crippen LogP contribution in [0.1, 0.15) is 24.2 Å². The summed E-state index contributed by atoms with van der Waals surface area (Å²) in [5.41, 5.74) is 0.668. The van der Waals surface area contributed by atoms with Gasteiger partial charge in [-0.15, -0.1) is 0 Å². The van der Waals surface area contributed by atoms with E-state index in [0.29, 0.717) is 24.6 Å². The minimum Gasteiger partial charge on any atom is -0.365 e. The van der Waals surface area contributed by atoms with E-state index in [9.17, 15) is 9.59 Å². The van der Waals surface area contributed by atoms with Crippen molar-refractivity contribution in [3.05, 3.63) is 22.4 Å². The summed E-state index contributed by atoms with van der Waals surface area (Å²) in [5, 5.41) is 6.53. The van der Waals surface area contributed by atoms with Crippen molar-refractivity contribution in [3.63, 3.8) is 0 Å². The van der Waals surface area contributed by atoms with Gasteiger partial charge in [0.05, 0.1) is 6.10 Å². The fraction of sp³-hybridized carbons (Fsp3) is 0.571. The van der Waals surface area contributed by atoms with Gasteiger partial charge in [0, 0.05) is 30.6 Å². The second-order valence-corrected chi connectivity index (χ2v) is 6.13. The summed E-state index contributed by atoms with van der Waals surface area (Å²) in [5.74, 6) is 0.361. The minimum atomic E-state index is -0.131. The number of carbonyl (C=O) groups excluding carboxylic acids is 2. The summed E-state index contributed by atoms with van der Waals surface area (Å²) in [6.45, 7) is 5.96. The first-order chi connectivity index (χ1) is 9.56. The lowest BCUT2D eigenvalue weighted by Gasteiger charge is -2.33. The zero-order valence-electron chi connectivity index (χ0n) is 11.8. The standard InChI is InChI=1S/C14H20N2O3S/c1-10(2)6-16-7-12(19-8-13(16)17)5-15-14(18)11-3-4-20-9-11/h3-4,9-10,12H,5-8H2,1-2H3,(H,15,18). The third-order valence-electron chi connectivity index (χ3n) is 3.08. The van der Waals surface area contributed by atoms with E-state index in [4.69, 9.17) is 4.74 Å². The number of thiophene rings is 1. The summed E-state index contributed by atoms with van der Waals surface area (Å²) in [7, 11) is 0. The van der Waals surface area contributed by atoms with E-state index in [0.717, 1.165) is 6.54 Å². The highest BCUT2D eigenvalue weighted by atomic mass is 32.1. The van der Waals surface area contributed by atoms with E-state index in [2.05, 4.69) is 19.2 Å². The Bertz CT molecular complexity index is 459. The van der Waals surface area contributed by atoms with Gasteiger partial charge in [-0.3, -0.25) is 9.59 Å². The molecule has 0 aromatic carbocycles. The van der Waals surface area contributed by atoms with Gasteiger partial charge in [0.25, 0.3) is 5.91 Å². The van der Waals surface area contributed by atoms with Crippen LogP contribution in [0.15, 0.2) is 16.8 Å². The molecule has 2 amide bonds. The van der Waals surface area contributed by atoms with Crippen molar-refractivity contribution >= 4 is 23.2 Å². The maximum Gasteiger partial charge on any atom is 0.252 e. The van der Waals surface area contributed by atoms with Crippen LogP contribution in [-0.2, 0) is 9.53 Å². The molecule has 0 aliphatic carbocycles. The molecule has 1 unspecified atom stereocenters. The lowest BCUT2D eigenvalue weighted by Crippen LogP contribution is -2.51. The van der Waals surface area contributed by atoms with Gasteiger partial charge < -0.3 is 15.0 Å². The fourth-order valence-electron chi connectivity index (χ4n) is 2.12. The van der Waals surface area contributed by atoms with Crippen LogP contribution in [0.4, 0.5) is 0 Å². The molecule has 1 aliphatic heterocycles. The van der Waals surface area contributed by atoms with Crippen molar-refractivity contribution in [2.75, 3.05) is 26.2 Å². The molecule has 1 aromatic rings. The van der Waals surface area contributed by atoms with Crippen LogP contribution in [0.25, 0.3) is 0 Å². The maximum atomic E-state index is 11.8. The van der Waals surface area contributed by atoms with Crippen molar-refractivity contribution in [2.24, 2.45) is 5.92 Å². The normalized spacial score (nSPS) is 19.4. The van der Waals surface area contributed by atoms with Gasteiger partial charge >= 0.3 is 0 Å². The van der Waals surface area contributed by atoms with Crippen LogP contribution in [0, 0.1) is 5.92 Å². The molecule has 6 heteroatoms. The molecular weight excluding hydrogens is 276 g/mol. The van der Waals surface area contributed by atoms with Crippen molar-refractivity contribution in [2.45, 2.75) is 20.0 Å². The molecule has 1 aliphatic rings. The Morgan fingerprint density at radius 2 is 2.40 bits per heavy atom. The molecule has 20 heavy (non-hydrogen) atoms. The smallest absolute Gasteiger partial charge is 0.252 e. The number of amides is 2. The predicted octanol–water partition coefficient (Wildman–Crippen LogP) is 1.36. The lowest BCUT2D eigenvalue weighted by atomic mass is 10.1. The molecule has 0 bridgehead atoms. The third kappa shape index (κ3) is 4.05. The number of hydrogen-bond donors (Lipinski definition) is 1. The Morgan fingerprint density at radius 1 is 1.60 bits per heavy atom. The predicted molar refractivity (Wildman–Crippen MR) is 77.8 cm³/mol. The highest BCUT2D eigenvalue weighted by Gasteiger charge is 2.26. The van der Waals surface area contributed by atoms with Gasteiger partial charge in [0.1, 0.15) is 6.61 Å². The van der Waals surface area contributed by atoms with Gasteiger partial charge in [-0.25, -0.2) is 0 Å². The van der Waals surface area contributed by atoms with Gasteiger partial charge in [-0.1, -0.05) is 13.8 Å². The number of nitrogens with zero attached hydrogens (tertiary/aromatic N) is 1. The number of ether oxygens (including phenoxy) is 1. The fourth-order valence-corrected chi connectivity index (χ4v) is 2.76. The second-order valence-electron chi connectivity index (χ2n) is 5.35. The van der Waals surface area contributed by atoms with Crippen LogP contribution in [0.5, 0.6) is 0 Å². The minimum absolute atomic E-state index is 0.0270. The topological polar surface area (TPSA) is 58.6 Å². The third-order valence-corrected chi connectivity index (χ3v) is 3.76.